The molecule has 0 N–H and O–H groups in total. The molecule has 1 aromatic carbocycles. The van der Waals surface area contributed by atoms with Gasteiger partial charge >= 0.3 is 5.97 Å². The highest BCUT2D eigenvalue weighted by Gasteiger charge is 2.15. The molecule has 0 amide bonds. The van der Waals surface area contributed by atoms with E-state index in [4.69, 9.17) is 28.6 Å². The van der Waals surface area contributed by atoms with Crippen LogP contribution in [0, 0.1) is 4.77 Å². The third-order valence-corrected chi connectivity index (χ3v) is 4.02. The monoisotopic (exact) mass is 340 g/mol. The fourth-order valence-electron chi connectivity index (χ4n) is 1.98. The van der Waals surface area contributed by atoms with Gasteiger partial charge in [-0.25, -0.2) is 4.68 Å². The molecule has 1 aromatic heterocycles. The van der Waals surface area contributed by atoms with Crippen LogP contribution >= 0.6 is 23.8 Å². The van der Waals surface area contributed by atoms with E-state index in [0.717, 1.165) is 5.56 Å². The molecule has 0 atom stereocenters. The Bertz CT molecular complexity index is 713. The molecular formula is C14H17ClN4O2S. The number of ether oxygens (including phenoxy) is 1. The van der Waals surface area contributed by atoms with Crippen LogP contribution in [0.15, 0.2) is 30.6 Å². The molecule has 2 rings (SSSR count). The first-order valence-electron chi connectivity index (χ1n) is 6.62. The molecular weight excluding hydrogens is 324 g/mol. The van der Waals surface area contributed by atoms with Crippen LogP contribution in [0.4, 0.5) is 0 Å². The molecule has 1 heterocycles. The first kappa shape index (κ1) is 16.7. The van der Waals surface area contributed by atoms with Crippen molar-refractivity contribution >= 4 is 29.8 Å². The Balaban J connectivity index is 2.19. The quantitative estimate of drug-likeness (QED) is 0.596. The third-order valence-electron chi connectivity index (χ3n) is 3.15. The number of carbonyl (C=O) groups excluding carboxylic acids is 1. The fraction of sp³-hybridized carbons (Fsp3) is 0.357. The molecule has 118 valence electrons. The number of hydrogen-bond acceptors (Lipinski definition) is 5. The number of hydrogen-bond donors (Lipinski definition) is 0. The van der Waals surface area contributed by atoms with Gasteiger partial charge in [-0.3, -0.25) is 9.69 Å². The van der Waals surface area contributed by atoms with E-state index in [1.165, 1.54) is 7.11 Å². The van der Waals surface area contributed by atoms with Crippen molar-refractivity contribution < 1.29 is 9.53 Å². The summed E-state index contributed by atoms with van der Waals surface area (Å²) >= 11 is 11.5. The summed E-state index contributed by atoms with van der Waals surface area (Å²) in [5.41, 5.74) is 0.926. The molecule has 0 unspecified atom stereocenters. The second-order valence-corrected chi connectivity index (χ2v) is 5.59. The van der Waals surface area contributed by atoms with E-state index >= 15 is 0 Å². The van der Waals surface area contributed by atoms with Crippen LogP contribution in [0.3, 0.4) is 0 Å². The summed E-state index contributed by atoms with van der Waals surface area (Å²) in [6.07, 6.45) is 1.63. The van der Waals surface area contributed by atoms with Crippen LogP contribution in [0.5, 0.6) is 0 Å². The van der Waals surface area contributed by atoms with Gasteiger partial charge < -0.3 is 9.30 Å². The summed E-state index contributed by atoms with van der Waals surface area (Å²) in [6, 6.07) is 7.51. The summed E-state index contributed by atoms with van der Waals surface area (Å²) in [5, 5.41) is 4.86. The molecule has 8 heteroatoms. The molecule has 0 bridgehead atoms. The lowest BCUT2D eigenvalue weighted by Crippen LogP contribution is -2.32. The Kier molecular flexibility index (Phi) is 5.70. The minimum atomic E-state index is -0.325. The normalized spacial score (nSPS) is 10.9. The van der Waals surface area contributed by atoms with Gasteiger partial charge in [0.1, 0.15) is 6.33 Å². The van der Waals surface area contributed by atoms with Crippen LogP contribution in [0.25, 0.3) is 0 Å². The second kappa shape index (κ2) is 7.53. The van der Waals surface area contributed by atoms with Crippen molar-refractivity contribution in [2.45, 2.75) is 13.2 Å². The zero-order chi connectivity index (χ0) is 16.1. The van der Waals surface area contributed by atoms with E-state index in [1.54, 1.807) is 15.6 Å². The number of esters is 1. The number of aromatic nitrogens is 3. The van der Waals surface area contributed by atoms with Crippen LogP contribution < -0.4 is 0 Å². The van der Waals surface area contributed by atoms with Crippen LogP contribution in [0.2, 0.25) is 5.02 Å². The van der Waals surface area contributed by atoms with Gasteiger partial charge in [-0.05, 0) is 23.8 Å². The highest BCUT2D eigenvalue weighted by atomic mass is 35.5. The van der Waals surface area contributed by atoms with Gasteiger partial charge in [0.05, 0.1) is 20.3 Å². The molecule has 0 spiro atoms. The van der Waals surface area contributed by atoms with Crippen LogP contribution in [-0.4, -0.2) is 38.9 Å². The van der Waals surface area contributed by atoms with Gasteiger partial charge in [0.15, 0.2) is 4.77 Å². The summed E-state index contributed by atoms with van der Waals surface area (Å²) in [4.78, 5) is 13.5. The molecule has 0 fully saturated rings. The number of halogens is 1. The zero-order valence-electron chi connectivity index (χ0n) is 12.4. The summed E-state index contributed by atoms with van der Waals surface area (Å²) in [7, 11) is 3.19. The van der Waals surface area contributed by atoms with E-state index in [9.17, 15) is 4.79 Å². The Morgan fingerprint density at radius 3 is 2.77 bits per heavy atom. The Labute approximate surface area is 138 Å². The summed E-state index contributed by atoms with van der Waals surface area (Å²) in [6.45, 7) is 0.993. The van der Waals surface area contributed by atoms with E-state index < -0.39 is 0 Å². The maximum absolute atomic E-state index is 11.6. The molecule has 0 saturated carbocycles. The fourth-order valence-corrected chi connectivity index (χ4v) is 2.33. The first-order valence-corrected chi connectivity index (χ1v) is 7.41. The van der Waals surface area contributed by atoms with E-state index in [0.29, 0.717) is 23.0 Å². The minimum Gasteiger partial charge on any atom is -0.468 e. The predicted octanol–water partition coefficient (Wildman–Crippen LogP) is 2.24. The Morgan fingerprint density at radius 1 is 1.45 bits per heavy atom. The maximum atomic E-state index is 11.6. The molecule has 22 heavy (non-hydrogen) atoms. The standard InChI is InChI=1S/C14H17ClN4O2S/c1-17-9-16-19(14(17)22)10-18(8-13(20)21-2)7-11-5-3-4-6-12(11)15/h3-6,9H,7-8,10H2,1-2H3. The van der Waals surface area contributed by atoms with Crippen molar-refractivity contribution in [3.8, 4) is 0 Å². The maximum Gasteiger partial charge on any atom is 0.319 e. The number of aryl methyl sites for hydroxylation is 1. The smallest absolute Gasteiger partial charge is 0.319 e. The molecule has 2 aromatic rings. The highest BCUT2D eigenvalue weighted by molar-refractivity contribution is 7.71. The van der Waals surface area contributed by atoms with Crippen LogP contribution in [0.1, 0.15) is 5.56 Å². The van der Waals surface area contributed by atoms with Gasteiger partial charge in [-0.15, -0.1) is 0 Å². The van der Waals surface area contributed by atoms with Crippen molar-refractivity contribution in [1.82, 2.24) is 19.2 Å². The number of nitrogens with zero attached hydrogens (tertiary/aromatic N) is 4. The third kappa shape index (κ3) is 4.16. The summed E-state index contributed by atoms with van der Waals surface area (Å²) in [5.74, 6) is -0.325. The van der Waals surface area contributed by atoms with Crippen molar-refractivity contribution in [2.24, 2.45) is 7.05 Å². The van der Waals surface area contributed by atoms with E-state index in [1.807, 2.05) is 36.2 Å². The average molecular weight is 341 g/mol. The van der Waals surface area contributed by atoms with E-state index in [-0.39, 0.29) is 12.5 Å². The van der Waals surface area contributed by atoms with Crippen molar-refractivity contribution in [3.05, 3.63) is 45.9 Å². The summed E-state index contributed by atoms with van der Waals surface area (Å²) < 4.78 is 8.71. The molecule has 0 aliphatic heterocycles. The first-order chi connectivity index (χ1) is 10.5. The predicted molar refractivity (Wildman–Crippen MR) is 85.9 cm³/mol. The molecule has 0 radical (unpaired) electrons. The van der Waals surface area contributed by atoms with E-state index in [2.05, 4.69) is 5.10 Å². The molecule has 0 aliphatic rings. The lowest BCUT2D eigenvalue weighted by molar-refractivity contribution is -0.142. The largest absolute Gasteiger partial charge is 0.468 e. The van der Waals surface area contributed by atoms with Gasteiger partial charge in [-0.2, -0.15) is 5.10 Å². The number of benzene rings is 1. The van der Waals surface area contributed by atoms with Crippen molar-refractivity contribution in [2.75, 3.05) is 13.7 Å². The van der Waals surface area contributed by atoms with Crippen molar-refractivity contribution in [3.63, 3.8) is 0 Å². The van der Waals surface area contributed by atoms with Crippen molar-refractivity contribution in [1.29, 1.82) is 0 Å². The highest BCUT2D eigenvalue weighted by Crippen LogP contribution is 2.17. The van der Waals surface area contributed by atoms with Gasteiger partial charge in [0.25, 0.3) is 0 Å². The topological polar surface area (TPSA) is 52.3 Å². The number of carbonyl (C=O) groups is 1. The number of rotatable bonds is 6. The average Bonchev–Trinajstić information content (AvgIpc) is 2.81. The lowest BCUT2D eigenvalue weighted by Gasteiger charge is -2.21. The minimum absolute atomic E-state index is 0.125. The molecule has 6 nitrogen and oxygen atoms in total. The Hall–Kier alpha value is -1.70. The lowest BCUT2D eigenvalue weighted by atomic mass is 10.2. The zero-order valence-corrected chi connectivity index (χ0v) is 14.0. The van der Waals surface area contributed by atoms with Gasteiger partial charge in [0.2, 0.25) is 0 Å². The van der Waals surface area contributed by atoms with Gasteiger partial charge in [-0.1, -0.05) is 29.8 Å². The second-order valence-electron chi connectivity index (χ2n) is 4.82. The molecule has 0 aliphatic carbocycles. The van der Waals surface area contributed by atoms with Crippen LogP contribution in [-0.2, 0) is 29.8 Å². The Morgan fingerprint density at radius 2 is 2.18 bits per heavy atom. The SMILES string of the molecule is COC(=O)CN(Cc1ccccc1Cl)Cn1ncn(C)c1=S. The number of methoxy groups -OCH3 is 1. The molecule has 0 saturated heterocycles. The van der Waals surface area contributed by atoms with Gasteiger partial charge in [0, 0.05) is 18.6 Å².